The van der Waals surface area contributed by atoms with Crippen LogP contribution in [-0.4, -0.2) is 51.1 Å². The van der Waals surface area contributed by atoms with E-state index in [2.05, 4.69) is 5.32 Å². The van der Waals surface area contributed by atoms with Crippen molar-refractivity contribution in [3.8, 4) is 5.75 Å². The van der Waals surface area contributed by atoms with Crippen LogP contribution in [-0.2, 0) is 20.2 Å². The van der Waals surface area contributed by atoms with Gasteiger partial charge in [0.1, 0.15) is 5.75 Å². The Labute approximate surface area is 169 Å². The van der Waals surface area contributed by atoms with Gasteiger partial charge in [-0.3, -0.25) is 4.79 Å². The predicted molar refractivity (Wildman–Crippen MR) is 112 cm³/mol. The first-order valence-corrected chi connectivity index (χ1v) is 12.0. The Morgan fingerprint density at radius 1 is 1.18 bits per heavy atom. The molecule has 1 amide bonds. The van der Waals surface area contributed by atoms with Gasteiger partial charge in [0.2, 0.25) is 15.9 Å². The number of nitrogens with one attached hydrogen (secondary N) is 1. The molecule has 1 aliphatic rings. The maximum atomic E-state index is 13.2. The molecule has 0 heterocycles. The lowest BCUT2D eigenvalue weighted by atomic mass is 9.68. The lowest BCUT2D eigenvalue weighted by molar-refractivity contribution is -0.128. The molecule has 0 atom stereocenters. The summed E-state index contributed by atoms with van der Waals surface area (Å²) in [5, 5.41) is 3.07. The van der Waals surface area contributed by atoms with Gasteiger partial charge in [-0.1, -0.05) is 31.4 Å². The minimum Gasteiger partial charge on any atom is -0.497 e. The number of sulfonamides is 1. The van der Waals surface area contributed by atoms with Crippen LogP contribution in [0.2, 0.25) is 0 Å². The molecule has 2 rings (SSSR count). The predicted octanol–water partition coefficient (Wildman–Crippen LogP) is 3.07. The van der Waals surface area contributed by atoms with E-state index < -0.39 is 15.4 Å². The molecule has 1 N–H and O–H groups in total. The largest absolute Gasteiger partial charge is 0.497 e. The lowest BCUT2D eigenvalue weighted by Crippen LogP contribution is -2.46. The van der Waals surface area contributed by atoms with Crippen molar-refractivity contribution >= 4 is 15.9 Å². The maximum absolute atomic E-state index is 13.2. The highest BCUT2D eigenvalue weighted by molar-refractivity contribution is 7.88. The molecule has 7 heteroatoms. The molecule has 0 saturated heterocycles. The van der Waals surface area contributed by atoms with Gasteiger partial charge in [0, 0.05) is 19.1 Å². The van der Waals surface area contributed by atoms with Gasteiger partial charge in [0.15, 0.2) is 0 Å². The van der Waals surface area contributed by atoms with Crippen molar-refractivity contribution < 1.29 is 17.9 Å². The van der Waals surface area contributed by atoms with Crippen LogP contribution in [0.15, 0.2) is 24.3 Å². The second-order valence-electron chi connectivity index (χ2n) is 7.95. The molecule has 1 aromatic carbocycles. The molecule has 0 spiro atoms. The molecular formula is C21H34N2O4S. The molecule has 0 aromatic heterocycles. The van der Waals surface area contributed by atoms with Crippen LogP contribution in [0.25, 0.3) is 0 Å². The van der Waals surface area contributed by atoms with Crippen molar-refractivity contribution in [2.75, 3.05) is 26.5 Å². The molecule has 1 saturated carbocycles. The zero-order valence-corrected chi connectivity index (χ0v) is 18.3. The number of carbonyl (C=O) groups excluding carboxylic acids is 1. The average molecular weight is 411 g/mol. The van der Waals surface area contributed by atoms with E-state index in [0.717, 1.165) is 43.4 Å². The monoisotopic (exact) mass is 410 g/mol. The summed E-state index contributed by atoms with van der Waals surface area (Å²) in [7, 11) is -1.60. The molecule has 0 unspecified atom stereocenters. The van der Waals surface area contributed by atoms with Crippen molar-refractivity contribution in [2.45, 2.75) is 63.8 Å². The van der Waals surface area contributed by atoms with Gasteiger partial charge in [0.05, 0.1) is 18.8 Å². The Kier molecular flexibility index (Phi) is 7.89. The van der Waals surface area contributed by atoms with Gasteiger partial charge in [-0.05, 0) is 50.8 Å². The number of rotatable bonds is 9. The van der Waals surface area contributed by atoms with E-state index in [9.17, 15) is 13.2 Å². The van der Waals surface area contributed by atoms with Crippen LogP contribution in [0, 0.1) is 0 Å². The standard InChI is InChI=1S/C21H34N2O4S/c1-17(2)23(28(4,25)26)16-8-15-22-20(24)21(13-6-5-7-14-21)18-9-11-19(27-3)12-10-18/h9-12,17H,5-8,13-16H2,1-4H3,(H,22,24). The summed E-state index contributed by atoms with van der Waals surface area (Å²) in [5.41, 5.74) is 0.532. The zero-order valence-electron chi connectivity index (χ0n) is 17.5. The first kappa shape index (κ1) is 22.7. The number of amides is 1. The quantitative estimate of drug-likeness (QED) is 0.635. The SMILES string of the molecule is COc1ccc(C2(C(=O)NCCCN(C(C)C)S(C)(=O)=O)CCCCC2)cc1. The van der Waals surface area contributed by atoms with Crippen LogP contribution in [0.5, 0.6) is 5.75 Å². The summed E-state index contributed by atoms with van der Waals surface area (Å²) in [6.45, 7) is 4.60. The minimum absolute atomic E-state index is 0.0489. The highest BCUT2D eigenvalue weighted by Crippen LogP contribution is 2.40. The Bertz CT molecular complexity index is 738. The summed E-state index contributed by atoms with van der Waals surface area (Å²) in [4.78, 5) is 13.2. The first-order valence-electron chi connectivity index (χ1n) is 10.1. The highest BCUT2D eigenvalue weighted by Gasteiger charge is 2.40. The van der Waals surface area contributed by atoms with Crippen LogP contribution in [0.1, 0.15) is 57.9 Å². The van der Waals surface area contributed by atoms with E-state index >= 15 is 0 Å². The van der Waals surface area contributed by atoms with Crippen molar-refractivity contribution in [3.05, 3.63) is 29.8 Å². The molecule has 0 radical (unpaired) electrons. The van der Waals surface area contributed by atoms with E-state index in [4.69, 9.17) is 4.74 Å². The third-order valence-corrected chi connectivity index (χ3v) is 7.08. The Morgan fingerprint density at radius 2 is 1.79 bits per heavy atom. The van der Waals surface area contributed by atoms with Crippen LogP contribution < -0.4 is 10.1 Å². The third-order valence-electron chi connectivity index (χ3n) is 5.63. The lowest BCUT2D eigenvalue weighted by Gasteiger charge is -2.36. The van der Waals surface area contributed by atoms with Crippen molar-refractivity contribution in [1.29, 1.82) is 0 Å². The van der Waals surface area contributed by atoms with Crippen molar-refractivity contribution in [1.82, 2.24) is 9.62 Å². The Balaban J connectivity index is 2.03. The Hall–Kier alpha value is -1.60. The normalized spacial score (nSPS) is 16.9. The van der Waals surface area contributed by atoms with Crippen molar-refractivity contribution in [2.24, 2.45) is 0 Å². The summed E-state index contributed by atoms with van der Waals surface area (Å²) in [6.07, 6.45) is 6.73. The van der Waals surface area contributed by atoms with Crippen LogP contribution in [0.4, 0.5) is 0 Å². The summed E-state index contributed by atoms with van der Waals surface area (Å²) in [5.74, 6) is 0.831. The number of methoxy groups -OCH3 is 1. The molecular weight excluding hydrogens is 376 g/mol. The van der Waals surface area contributed by atoms with Crippen molar-refractivity contribution in [3.63, 3.8) is 0 Å². The zero-order chi connectivity index (χ0) is 20.8. The topological polar surface area (TPSA) is 75.7 Å². The molecule has 1 aliphatic carbocycles. The van der Waals surface area contributed by atoms with Gasteiger partial charge in [0.25, 0.3) is 0 Å². The molecule has 158 valence electrons. The van der Waals surface area contributed by atoms with Gasteiger partial charge in [-0.25, -0.2) is 8.42 Å². The third kappa shape index (κ3) is 5.47. The molecule has 1 fully saturated rings. The number of hydrogen-bond acceptors (Lipinski definition) is 4. The fraction of sp³-hybridized carbons (Fsp3) is 0.667. The number of carbonyl (C=O) groups is 1. The minimum atomic E-state index is -3.24. The van der Waals surface area contributed by atoms with Gasteiger partial charge in [-0.2, -0.15) is 4.31 Å². The number of benzene rings is 1. The molecule has 1 aromatic rings. The van der Waals surface area contributed by atoms with E-state index in [-0.39, 0.29) is 11.9 Å². The molecule has 6 nitrogen and oxygen atoms in total. The molecule has 28 heavy (non-hydrogen) atoms. The summed E-state index contributed by atoms with van der Waals surface area (Å²) < 4.78 is 30.4. The number of ether oxygens (including phenoxy) is 1. The van der Waals surface area contributed by atoms with E-state index in [1.807, 2.05) is 38.1 Å². The van der Waals surface area contributed by atoms with E-state index in [1.54, 1.807) is 7.11 Å². The average Bonchev–Trinajstić information content (AvgIpc) is 2.66. The molecule has 0 bridgehead atoms. The van der Waals surface area contributed by atoms with Gasteiger partial charge < -0.3 is 10.1 Å². The van der Waals surface area contributed by atoms with E-state index in [1.165, 1.54) is 10.6 Å². The van der Waals surface area contributed by atoms with Gasteiger partial charge >= 0.3 is 0 Å². The maximum Gasteiger partial charge on any atom is 0.230 e. The number of hydrogen-bond donors (Lipinski definition) is 1. The Morgan fingerprint density at radius 3 is 2.29 bits per heavy atom. The fourth-order valence-electron chi connectivity index (χ4n) is 4.13. The highest BCUT2D eigenvalue weighted by atomic mass is 32.2. The van der Waals surface area contributed by atoms with Crippen LogP contribution in [0.3, 0.4) is 0 Å². The second-order valence-corrected chi connectivity index (χ2v) is 9.88. The summed E-state index contributed by atoms with van der Waals surface area (Å²) in [6, 6.07) is 7.72. The fourth-order valence-corrected chi connectivity index (χ4v) is 5.35. The van der Waals surface area contributed by atoms with Crippen LogP contribution >= 0.6 is 0 Å². The van der Waals surface area contributed by atoms with E-state index in [0.29, 0.717) is 19.5 Å². The first-order chi connectivity index (χ1) is 13.2. The second kappa shape index (κ2) is 9.74. The number of nitrogens with zero attached hydrogens (tertiary/aromatic N) is 1. The smallest absolute Gasteiger partial charge is 0.230 e. The molecule has 0 aliphatic heterocycles. The summed E-state index contributed by atoms with van der Waals surface area (Å²) >= 11 is 0. The van der Waals surface area contributed by atoms with Gasteiger partial charge in [-0.15, -0.1) is 0 Å².